The van der Waals surface area contributed by atoms with Crippen LogP contribution in [0.2, 0.25) is 0 Å². The SMILES string of the molecule is Cc1ccccc1C(=O)COc1ccc(C=O)cc1F. The van der Waals surface area contributed by atoms with E-state index in [-0.39, 0.29) is 23.7 Å². The molecule has 0 heterocycles. The second-order valence-electron chi connectivity index (χ2n) is 4.33. The van der Waals surface area contributed by atoms with E-state index < -0.39 is 5.82 Å². The summed E-state index contributed by atoms with van der Waals surface area (Å²) in [5.41, 5.74) is 1.62. The van der Waals surface area contributed by atoms with Gasteiger partial charge in [-0.25, -0.2) is 4.39 Å². The molecule has 0 aliphatic heterocycles. The van der Waals surface area contributed by atoms with Gasteiger partial charge in [-0.1, -0.05) is 24.3 Å². The second-order valence-corrected chi connectivity index (χ2v) is 4.33. The predicted octanol–water partition coefficient (Wildman–Crippen LogP) is 3.21. The summed E-state index contributed by atoms with van der Waals surface area (Å²) in [7, 11) is 0. The molecule has 0 N–H and O–H groups in total. The maximum absolute atomic E-state index is 13.6. The highest BCUT2D eigenvalue weighted by atomic mass is 19.1. The van der Waals surface area contributed by atoms with Crippen molar-refractivity contribution in [3.63, 3.8) is 0 Å². The van der Waals surface area contributed by atoms with Crippen LogP contribution in [0.25, 0.3) is 0 Å². The van der Waals surface area contributed by atoms with Crippen molar-refractivity contribution in [2.24, 2.45) is 0 Å². The molecule has 0 saturated heterocycles. The molecule has 20 heavy (non-hydrogen) atoms. The lowest BCUT2D eigenvalue weighted by Gasteiger charge is -2.08. The molecule has 0 unspecified atom stereocenters. The number of hydrogen-bond donors (Lipinski definition) is 0. The van der Waals surface area contributed by atoms with Gasteiger partial charge in [0.15, 0.2) is 24.0 Å². The van der Waals surface area contributed by atoms with Gasteiger partial charge in [-0.2, -0.15) is 0 Å². The van der Waals surface area contributed by atoms with Gasteiger partial charge in [0.1, 0.15) is 6.29 Å². The molecule has 0 aliphatic carbocycles. The van der Waals surface area contributed by atoms with Crippen molar-refractivity contribution in [1.82, 2.24) is 0 Å². The number of aldehydes is 1. The van der Waals surface area contributed by atoms with Gasteiger partial charge in [0.25, 0.3) is 0 Å². The molecule has 0 atom stereocenters. The summed E-state index contributed by atoms with van der Waals surface area (Å²) in [5, 5.41) is 0. The first-order valence-electron chi connectivity index (χ1n) is 6.08. The molecule has 0 aliphatic rings. The van der Waals surface area contributed by atoms with Crippen molar-refractivity contribution in [3.8, 4) is 5.75 Å². The molecule has 0 radical (unpaired) electrons. The van der Waals surface area contributed by atoms with Crippen LogP contribution in [-0.4, -0.2) is 18.7 Å². The van der Waals surface area contributed by atoms with Crippen LogP contribution in [0, 0.1) is 12.7 Å². The molecular weight excluding hydrogens is 259 g/mol. The largest absolute Gasteiger partial charge is 0.482 e. The molecule has 2 aromatic carbocycles. The van der Waals surface area contributed by atoms with E-state index in [4.69, 9.17) is 4.74 Å². The minimum Gasteiger partial charge on any atom is -0.482 e. The molecule has 2 aromatic rings. The van der Waals surface area contributed by atoms with E-state index in [1.807, 2.05) is 19.1 Å². The third-order valence-corrected chi connectivity index (χ3v) is 2.90. The van der Waals surface area contributed by atoms with Gasteiger partial charge in [-0.3, -0.25) is 9.59 Å². The maximum Gasteiger partial charge on any atom is 0.200 e. The molecule has 0 fully saturated rings. The van der Waals surface area contributed by atoms with Crippen LogP contribution in [0.4, 0.5) is 4.39 Å². The predicted molar refractivity (Wildman–Crippen MR) is 72.8 cm³/mol. The maximum atomic E-state index is 13.6. The molecule has 0 aromatic heterocycles. The van der Waals surface area contributed by atoms with Gasteiger partial charge in [-0.05, 0) is 30.7 Å². The highest BCUT2D eigenvalue weighted by molar-refractivity contribution is 5.98. The average Bonchev–Trinajstić information content (AvgIpc) is 2.46. The molecule has 102 valence electrons. The second kappa shape index (κ2) is 6.10. The van der Waals surface area contributed by atoms with Gasteiger partial charge in [0, 0.05) is 11.1 Å². The van der Waals surface area contributed by atoms with Crippen LogP contribution in [-0.2, 0) is 0 Å². The van der Waals surface area contributed by atoms with Gasteiger partial charge >= 0.3 is 0 Å². The Morgan fingerprint density at radius 3 is 2.65 bits per heavy atom. The van der Waals surface area contributed by atoms with Crippen LogP contribution in [0.3, 0.4) is 0 Å². The molecular formula is C16H13FO3. The van der Waals surface area contributed by atoms with Gasteiger partial charge < -0.3 is 4.74 Å². The zero-order valence-electron chi connectivity index (χ0n) is 10.9. The standard InChI is InChI=1S/C16H13FO3/c1-11-4-2-3-5-13(11)15(19)10-20-16-7-6-12(9-18)8-14(16)17/h2-9H,10H2,1H3. The number of hydrogen-bond acceptors (Lipinski definition) is 3. The van der Waals surface area contributed by atoms with E-state index in [0.29, 0.717) is 11.8 Å². The van der Waals surface area contributed by atoms with E-state index in [2.05, 4.69) is 0 Å². The topological polar surface area (TPSA) is 43.4 Å². The van der Waals surface area contributed by atoms with E-state index in [1.165, 1.54) is 12.1 Å². The lowest BCUT2D eigenvalue weighted by molar-refractivity contribution is 0.0917. The van der Waals surface area contributed by atoms with Crippen LogP contribution in [0.15, 0.2) is 42.5 Å². The number of halogens is 1. The highest BCUT2D eigenvalue weighted by Gasteiger charge is 2.11. The van der Waals surface area contributed by atoms with Crippen LogP contribution in [0.5, 0.6) is 5.75 Å². The molecule has 4 heteroatoms. The minimum absolute atomic E-state index is 0.0439. The van der Waals surface area contributed by atoms with Crippen LogP contribution in [0.1, 0.15) is 26.3 Å². The van der Waals surface area contributed by atoms with E-state index >= 15 is 0 Å². The highest BCUT2D eigenvalue weighted by Crippen LogP contribution is 2.18. The van der Waals surface area contributed by atoms with Crippen molar-refractivity contribution in [1.29, 1.82) is 0 Å². The first kappa shape index (κ1) is 13.9. The molecule has 0 saturated carbocycles. The summed E-state index contributed by atoms with van der Waals surface area (Å²) in [6, 6.07) is 11.0. The van der Waals surface area contributed by atoms with Gasteiger partial charge in [0.2, 0.25) is 0 Å². The fourth-order valence-electron chi connectivity index (χ4n) is 1.81. The number of Topliss-reactive ketones (excluding diaryl/α,β-unsaturated/α-hetero) is 1. The zero-order valence-corrected chi connectivity index (χ0v) is 10.9. The van der Waals surface area contributed by atoms with Gasteiger partial charge in [0.05, 0.1) is 0 Å². The van der Waals surface area contributed by atoms with Crippen molar-refractivity contribution in [2.45, 2.75) is 6.92 Å². The quantitative estimate of drug-likeness (QED) is 0.620. The van der Waals surface area contributed by atoms with Crippen molar-refractivity contribution in [2.75, 3.05) is 6.61 Å². The third kappa shape index (κ3) is 3.09. The number of carbonyl (C=O) groups is 2. The Morgan fingerprint density at radius 2 is 2.00 bits per heavy atom. The normalized spacial score (nSPS) is 10.1. The molecule has 0 bridgehead atoms. The summed E-state index contributed by atoms with van der Waals surface area (Å²) < 4.78 is 18.7. The Kier molecular flexibility index (Phi) is 4.25. The van der Waals surface area contributed by atoms with Crippen LogP contribution < -0.4 is 4.74 Å². The first-order valence-corrected chi connectivity index (χ1v) is 6.08. The van der Waals surface area contributed by atoms with Gasteiger partial charge in [-0.15, -0.1) is 0 Å². The smallest absolute Gasteiger partial charge is 0.200 e. The zero-order chi connectivity index (χ0) is 14.5. The number of ketones is 1. The average molecular weight is 272 g/mol. The Bertz CT molecular complexity index is 650. The minimum atomic E-state index is -0.660. The summed E-state index contributed by atoms with van der Waals surface area (Å²) in [6.07, 6.45) is 0.547. The lowest BCUT2D eigenvalue weighted by atomic mass is 10.1. The van der Waals surface area contributed by atoms with Crippen molar-refractivity contribution in [3.05, 3.63) is 65.0 Å². The van der Waals surface area contributed by atoms with E-state index in [1.54, 1.807) is 12.1 Å². The number of carbonyl (C=O) groups excluding carboxylic acids is 2. The Hall–Kier alpha value is -2.49. The van der Waals surface area contributed by atoms with E-state index in [9.17, 15) is 14.0 Å². The Labute approximate surface area is 116 Å². The molecule has 3 nitrogen and oxygen atoms in total. The molecule has 0 spiro atoms. The number of benzene rings is 2. The monoisotopic (exact) mass is 272 g/mol. The Balaban J connectivity index is 2.07. The lowest BCUT2D eigenvalue weighted by Crippen LogP contribution is -2.13. The third-order valence-electron chi connectivity index (χ3n) is 2.90. The summed E-state index contributed by atoms with van der Waals surface area (Å²) in [4.78, 5) is 22.5. The molecule has 2 rings (SSSR count). The number of rotatable bonds is 5. The number of aryl methyl sites for hydroxylation is 1. The fraction of sp³-hybridized carbons (Fsp3) is 0.125. The summed E-state index contributed by atoms with van der Waals surface area (Å²) >= 11 is 0. The molecule has 0 amide bonds. The van der Waals surface area contributed by atoms with Crippen LogP contribution >= 0.6 is 0 Å². The summed E-state index contributed by atoms with van der Waals surface area (Å²) in [6.45, 7) is 1.58. The van der Waals surface area contributed by atoms with E-state index in [0.717, 1.165) is 11.6 Å². The first-order chi connectivity index (χ1) is 9.61. The van der Waals surface area contributed by atoms with Crippen molar-refractivity contribution >= 4 is 12.1 Å². The summed E-state index contributed by atoms with van der Waals surface area (Å²) in [5.74, 6) is -0.924. The van der Waals surface area contributed by atoms with Crippen molar-refractivity contribution < 1.29 is 18.7 Å². The Morgan fingerprint density at radius 1 is 1.25 bits per heavy atom. The fourth-order valence-corrected chi connectivity index (χ4v) is 1.81. The number of ether oxygens (including phenoxy) is 1.